The van der Waals surface area contributed by atoms with E-state index in [0.29, 0.717) is 19.0 Å². The summed E-state index contributed by atoms with van der Waals surface area (Å²) in [7, 11) is 3.15. The van der Waals surface area contributed by atoms with Crippen molar-refractivity contribution < 1.29 is 9.82 Å². The van der Waals surface area contributed by atoms with Gasteiger partial charge < -0.3 is 20.6 Å². The fourth-order valence-corrected chi connectivity index (χ4v) is 4.58. The number of nitrogens with two attached hydrogens (primary N) is 1. The van der Waals surface area contributed by atoms with E-state index >= 15 is 0 Å². The smallest absolute Gasteiger partial charge is 0.327 e. The van der Waals surface area contributed by atoms with Gasteiger partial charge in [-0.1, -0.05) is 48.5 Å². The third kappa shape index (κ3) is 5.46. The summed E-state index contributed by atoms with van der Waals surface area (Å²) >= 11 is 0. The second kappa shape index (κ2) is 10.7. The molecule has 169 valence electrons. The van der Waals surface area contributed by atoms with Gasteiger partial charge in [0.2, 0.25) is 0 Å². The summed E-state index contributed by atoms with van der Waals surface area (Å²) in [4.78, 5) is 17.1. The fourth-order valence-electron chi connectivity index (χ4n) is 4.58. The molecular weight excluding hydrogens is 409 g/mol. The van der Waals surface area contributed by atoms with Gasteiger partial charge in [-0.25, -0.2) is 0 Å². The van der Waals surface area contributed by atoms with Gasteiger partial charge >= 0.3 is 7.48 Å². The lowest BCUT2D eigenvalue weighted by Crippen LogP contribution is -2.38. The third-order valence-corrected chi connectivity index (χ3v) is 6.60. The number of hydrogen-bond acceptors (Lipinski definition) is 4. The van der Waals surface area contributed by atoms with E-state index in [1.165, 1.54) is 5.56 Å². The fraction of sp³-hybridized carbons (Fsp3) is 0.296. The molecule has 1 saturated heterocycles. The molecule has 0 saturated carbocycles. The first-order valence-corrected chi connectivity index (χ1v) is 11.5. The van der Waals surface area contributed by atoms with Crippen molar-refractivity contribution >= 4 is 24.5 Å². The molecule has 1 radical (unpaired) electrons. The third-order valence-electron chi connectivity index (χ3n) is 6.60. The summed E-state index contributed by atoms with van der Waals surface area (Å²) in [5.74, 6) is 0.578. The number of hydrogen-bond donors (Lipinski definition) is 2. The Morgan fingerprint density at radius 1 is 1.06 bits per heavy atom. The Bertz CT molecular complexity index is 1080. The number of carbonyl (C=O) groups is 1. The van der Waals surface area contributed by atoms with Gasteiger partial charge in [0.15, 0.2) is 0 Å². The molecule has 1 aliphatic rings. The summed E-state index contributed by atoms with van der Waals surface area (Å²) in [5.41, 5.74) is 11.9. The van der Waals surface area contributed by atoms with Crippen molar-refractivity contribution in [2.45, 2.75) is 31.8 Å². The van der Waals surface area contributed by atoms with Crippen LogP contribution in [0.15, 0.2) is 72.8 Å². The summed E-state index contributed by atoms with van der Waals surface area (Å²) < 4.78 is 0. The Labute approximate surface area is 197 Å². The predicted molar refractivity (Wildman–Crippen MR) is 135 cm³/mol. The van der Waals surface area contributed by atoms with E-state index < -0.39 is 0 Å². The first-order valence-electron chi connectivity index (χ1n) is 11.5. The van der Waals surface area contributed by atoms with Crippen LogP contribution in [0, 0.1) is 0 Å². The second-order valence-electron chi connectivity index (χ2n) is 8.75. The van der Waals surface area contributed by atoms with Gasteiger partial charge in [-0.2, -0.15) is 0 Å². The number of nitrogens with zero attached hydrogens (tertiary/aromatic N) is 2. The average Bonchev–Trinajstić information content (AvgIpc) is 2.88. The molecule has 33 heavy (non-hydrogen) atoms. The first-order chi connectivity index (χ1) is 16.1. The molecular formula is C27H31BN3O2. The lowest BCUT2D eigenvalue weighted by atomic mass is 9.84. The van der Waals surface area contributed by atoms with E-state index in [9.17, 15) is 9.82 Å². The van der Waals surface area contributed by atoms with Crippen molar-refractivity contribution in [2.24, 2.45) is 5.73 Å². The molecule has 0 spiro atoms. The molecule has 3 aromatic rings. The molecule has 0 bridgehead atoms. The molecule has 1 aliphatic heterocycles. The SMILES string of the molecule is CN(Cc1ccccc1[B]O)c1ccc(C(=O)N2CCC(c3cccc(CN)c3)CC2)cc1. The van der Waals surface area contributed by atoms with Crippen LogP contribution < -0.4 is 16.1 Å². The highest BCUT2D eigenvalue weighted by molar-refractivity contribution is 6.46. The summed E-state index contributed by atoms with van der Waals surface area (Å²) in [5, 5.41) is 9.44. The molecule has 6 heteroatoms. The number of benzene rings is 3. The number of likely N-dealkylation sites (tertiary alicyclic amines) is 1. The van der Waals surface area contributed by atoms with Crippen molar-refractivity contribution in [3.63, 3.8) is 0 Å². The number of carbonyl (C=O) groups excluding carboxylic acids is 1. The lowest BCUT2D eigenvalue weighted by Gasteiger charge is -2.32. The first kappa shape index (κ1) is 23.1. The molecule has 1 heterocycles. The van der Waals surface area contributed by atoms with Crippen LogP contribution in [0.25, 0.3) is 0 Å². The van der Waals surface area contributed by atoms with E-state index in [1.807, 2.05) is 60.5 Å². The monoisotopic (exact) mass is 440 g/mol. The molecule has 0 aromatic heterocycles. The van der Waals surface area contributed by atoms with Crippen LogP contribution in [-0.2, 0) is 13.1 Å². The van der Waals surface area contributed by atoms with Crippen molar-refractivity contribution in [2.75, 3.05) is 25.0 Å². The quantitative estimate of drug-likeness (QED) is 0.555. The highest BCUT2D eigenvalue weighted by Gasteiger charge is 2.24. The van der Waals surface area contributed by atoms with E-state index in [1.54, 1.807) is 0 Å². The summed E-state index contributed by atoms with van der Waals surface area (Å²) in [6.07, 6.45) is 1.95. The minimum absolute atomic E-state index is 0.0959. The Kier molecular flexibility index (Phi) is 7.48. The normalized spacial score (nSPS) is 14.2. The van der Waals surface area contributed by atoms with Crippen molar-refractivity contribution in [3.05, 3.63) is 95.1 Å². The van der Waals surface area contributed by atoms with Crippen LogP contribution >= 0.6 is 0 Å². The average molecular weight is 440 g/mol. The van der Waals surface area contributed by atoms with Gasteiger partial charge in [0.1, 0.15) is 0 Å². The molecule has 4 rings (SSSR count). The molecule has 0 atom stereocenters. The van der Waals surface area contributed by atoms with Gasteiger partial charge in [0.05, 0.1) is 0 Å². The lowest BCUT2D eigenvalue weighted by molar-refractivity contribution is 0.0713. The van der Waals surface area contributed by atoms with E-state index in [2.05, 4.69) is 29.2 Å². The topological polar surface area (TPSA) is 69.8 Å². The van der Waals surface area contributed by atoms with E-state index in [-0.39, 0.29) is 5.91 Å². The largest absolute Gasteiger partial charge is 0.450 e. The number of piperidine rings is 1. The van der Waals surface area contributed by atoms with Gasteiger partial charge in [-0.15, -0.1) is 0 Å². The van der Waals surface area contributed by atoms with Crippen LogP contribution in [0.3, 0.4) is 0 Å². The van der Waals surface area contributed by atoms with Crippen LogP contribution in [0.1, 0.15) is 45.8 Å². The zero-order valence-electron chi connectivity index (χ0n) is 19.2. The van der Waals surface area contributed by atoms with Gasteiger partial charge in [-0.05, 0) is 65.2 Å². The van der Waals surface area contributed by atoms with Gasteiger partial charge in [-0.3, -0.25) is 4.79 Å². The zero-order chi connectivity index (χ0) is 23.2. The maximum absolute atomic E-state index is 13.1. The highest BCUT2D eigenvalue weighted by atomic mass is 16.2. The van der Waals surface area contributed by atoms with Crippen LogP contribution in [-0.4, -0.2) is 43.5 Å². The van der Waals surface area contributed by atoms with Crippen LogP contribution in [0.4, 0.5) is 5.69 Å². The maximum atomic E-state index is 13.1. The van der Waals surface area contributed by atoms with Gasteiger partial charge in [0.25, 0.3) is 5.91 Å². The minimum atomic E-state index is 0.0959. The predicted octanol–water partition coefficient (Wildman–Crippen LogP) is 3.04. The van der Waals surface area contributed by atoms with E-state index in [4.69, 9.17) is 5.73 Å². The van der Waals surface area contributed by atoms with Crippen molar-refractivity contribution in [3.8, 4) is 0 Å². The highest BCUT2D eigenvalue weighted by Crippen LogP contribution is 2.29. The molecule has 5 nitrogen and oxygen atoms in total. The molecule has 1 fully saturated rings. The Hall–Kier alpha value is -3.09. The zero-order valence-corrected chi connectivity index (χ0v) is 19.2. The summed E-state index contributed by atoms with van der Waals surface area (Å²) in [6.45, 7) is 2.76. The Balaban J connectivity index is 1.35. The van der Waals surface area contributed by atoms with Crippen molar-refractivity contribution in [1.82, 2.24) is 4.90 Å². The number of anilines is 1. The van der Waals surface area contributed by atoms with Crippen LogP contribution in [0.2, 0.25) is 0 Å². The number of rotatable bonds is 7. The molecule has 1 amide bonds. The molecule has 0 unspecified atom stereocenters. The second-order valence-corrected chi connectivity index (χ2v) is 8.75. The maximum Gasteiger partial charge on any atom is 0.327 e. The van der Waals surface area contributed by atoms with Gasteiger partial charge in [0, 0.05) is 44.5 Å². The van der Waals surface area contributed by atoms with Crippen molar-refractivity contribution in [1.29, 1.82) is 0 Å². The molecule has 3 N–H and O–H groups in total. The van der Waals surface area contributed by atoms with E-state index in [0.717, 1.165) is 61.3 Å². The molecule has 0 aliphatic carbocycles. The van der Waals surface area contributed by atoms with Crippen LogP contribution in [0.5, 0.6) is 0 Å². The number of amides is 1. The standard InChI is InChI=1S/C27H31BN3O2/c1-30(19-24-6-2-3-8-26(24)28-33)25-11-9-22(10-12-25)27(32)31-15-13-21(14-16-31)23-7-4-5-20(17-23)18-29/h2-12,17,21,33H,13-16,18-19,29H2,1H3. The Morgan fingerprint density at radius 3 is 2.48 bits per heavy atom. The Morgan fingerprint density at radius 2 is 1.79 bits per heavy atom. The minimum Gasteiger partial charge on any atom is -0.450 e. The molecule has 3 aromatic carbocycles. The summed E-state index contributed by atoms with van der Waals surface area (Å²) in [6, 6.07) is 24.1.